The molecule has 0 amide bonds. The van der Waals surface area contributed by atoms with Gasteiger partial charge in [-0.15, -0.1) is 11.3 Å². The maximum atomic E-state index is 13.7. The Morgan fingerprint density at radius 3 is 2.53 bits per heavy atom. The molecular formula is C21H22FN3O3S2. The molecule has 0 bridgehead atoms. The Morgan fingerprint density at radius 1 is 1.10 bits per heavy atom. The summed E-state index contributed by atoms with van der Waals surface area (Å²) >= 11 is 1.60. The van der Waals surface area contributed by atoms with Crippen LogP contribution in [0.5, 0.6) is 5.75 Å². The number of rotatable bonds is 6. The zero-order chi connectivity index (χ0) is 21.1. The highest BCUT2D eigenvalue weighted by atomic mass is 32.2. The highest BCUT2D eigenvalue weighted by Crippen LogP contribution is 2.28. The van der Waals surface area contributed by atoms with Crippen molar-refractivity contribution in [3.8, 4) is 17.0 Å². The lowest BCUT2D eigenvalue weighted by Crippen LogP contribution is -2.48. The van der Waals surface area contributed by atoms with Crippen LogP contribution >= 0.6 is 11.3 Å². The van der Waals surface area contributed by atoms with E-state index >= 15 is 0 Å². The lowest BCUT2D eigenvalue weighted by Gasteiger charge is -2.33. The van der Waals surface area contributed by atoms with Gasteiger partial charge >= 0.3 is 0 Å². The standard InChI is InChI=1S/C21H22FN3O3S2/c1-28-19-8-7-17(22)13-20(19)30(26,27)25-11-9-24(10-12-25)14-21-23-18(15-29-21)16-5-3-2-4-6-16/h2-8,13,15H,9-12,14H2,1H3. The summed E-state index contributed by atoms with van der Waals surface area (Å²) in [5, 5.41) is 3.04. The summed E-state index contributed by atoms with van der Waals surface area (Å²) < 4.78 is 46.2. The van der Waals surface area contributed by atoms with Crippen molar-refractivity contribution in [1.29, 1.82) is 0 Å². The number of halogens is 1. The third-order valence-corrected chi connectivity index (χ3v) is 7.81. The lowest BCUT2D eigenvalue weighted by atomic mass is 10.2. The lowest BCUT2D eigenvalue weighted by molar-refractivity contribution is 0.181. The molecule has 2 heterocycles. The smallest absolute Gasteiger partial charge is 0.246 e. The minimum atomic E-state index is -3.83. The Balaban J connectivity index is 1.41. The number of thiazole rings is 1. The second-order valence-corrected chi connectivity index (χ2v) is 9.82. The van der Waals surface area contributed by atoms with Gasteiger partial charge in [0, 0.05) is 37.1 Å². The van der Waals surface area contributed by atoms with E-state index in [1.54, 1.807) is 11.3 Å². The molecule has 6 nitrogen and oxygen atoms in total. The summed E-state index contributed by atoms with van der Waals surface area (Å²) in [6, 6.07) is 13.6. The first-order valence-corrected chi connectivity index (χ1v) is 11.9. The molecule has 0 radical (unpaired) electrons. The van der Waals surface area contributed by atoms with Gasteiger partial charge in [0.15, 0.2) is 0 Å². The highest BCUT2D eigenvalue weighted by molar-refractivity contribution is 7.89. The Kier molecular flexibility index (Phi) is 6.14. The van der Waals surface area contributed by atoms with Gasteiger partial charge in [0.25, 0.3) is 0 Å². The van der Waals surface area contributed by atoms with Crippen molar-refractivity contribution >= 4 is 21.4 Å². The third kappa shape index (κ3) is 4.39. The summed E-state index contributed by atoms with van der Waals surface area (Å²) in [4.78, 5) is 6.76. The molecule has 3 aromatic rings. The number of ether oxygens (including phenoxy) is 1. The van der Waals surface area contributed by atoms with E-state index < -0.39 is 15.8 Å². The van der Waals surface area contributed by atoms with Crippen LogP contribution in [0.15, 0.2) is 58.8 Å². The van der Waals surface area contributed by atoms with Crippen LogP contribution in [-0.4, -0.2) is 55.9 Å². The normalized spacial score (nSPS) is 15.9. The van der Waals surface area contributed by atoms with E-state index in [0.717, 1.165) is 22.3 Å². The predicted octanol–water partition coefficient (Wildman–Crippen LogP) is 3.46. The zero-order valence-electron chi connectivity index (χ0n) is 16.5. The molecular weight excluding hydrogens is 425 g/mol. The maximum Gasteiger partial charge on any atom is 0.246 e. The van der Waals surface area contributed by atoms with E-state index in [2.05, 4.69) is 4.90 Å². The molecule has 0 spiro atoms. The molecule has 2 aromatic carbocycles. The molecule has 1 aliphatic rings. The van der Waals surface area contributed by atoms with Crippen LogP contribution in [0.25, 0.3) is 11.3 Å². The zero-order valence-corrected chi connectivity index (χ0v) is 18.1. The van der Waals surface area contributed by atoms with E-state index in [0.29, 0.717) is 32.7 Å². The number of sulfonamides is 1. The van der Waals surface area contributed by atoms with E-state index in [4.69, 9.17) is 9.72 Å². The first-order valence-electron chi connectivity index (χ1n) is 9.53. The Bertz CT molecular complexity index is 1110. The van der Waals surface area contributed by atoms with Crippen molar-refractivity contribution in [1.82, 2.24) is 14.2 Å². The molecule has 0 atom stereocenters. The summed E-state index contributed by atoms with van der Waals surface area (Å²) in [5.41, 5.74) is 2.04. The van der Waals surface area contributed by atoms with Crippen LogP contribution in [0.1, 0.15) is 5.01 Å². The number of nitrogens with zero attached hydrogens (tertiary/aromatic N) is 3. The minimum absolute atomic E-state index is 0.133. The maximum absolute atomic E-state index is 13.7. The van der Waals surface area contributed by atoms with Crippen LogP contribution in [0.4, 0.5) is 4.39 Å². The quantitative estimate of drug-likeness (QED) is 0.579. The molecule has 4 rings (SSSR count). The van der Waals surface area contributed by atoms with Crippen LogP contribution < -0.4 is 4.74 Å². The van der Waals surface area contributed by atoms with Gasteiger partial charge in [-0.25, -0.2) is 17.8 Å². The molecule has 1 aromatic heterocycles. The Morgan fingerprint density at radius 2 is 1.83 bits per heavy atom. The van der Waals surface area contributed by atoms with Crippen LogP contribution in [0, 0.1) is 5.82 Å². The number of benzene rings is 2. The predicted molar refractivity (Wildman–Crippen MR) is 115 cm³/mol. The van der Waals surface area contributed by atoms with Crippen molar-refractivity contribution < 1.29 is 17.5 Å². The molecule has 1 saturated heterocycles. The topological polar surface area (TPSA) is 62.7 Å². The van der Waals surface area contributed by atoms with E-state index in [9.17, 15) is 12.8 Å². The number of methoxy groups -OCH3 is 1. The first kappa shape index (κ1) is 20.9. The highest BCUT2D eigenvalue weighted by Gasteiger charge is 2.31. The van der Waals surface area contributed by atoms with E-state index in [1.165, 1.54) is 23.5 Å². The average molecular weight is 448 g/mol. The van der Waals surface area contributed by atoms with Gasteiger partial charge in [-0.3, -0.25) is 4.90 Å². The van der Waals surface area contributed by atoms with Crippen molar-refractivity contribution in [3.63, 3.8) is 0 Å². The number of piperazine rings is 1. The molecule has 9 heteroatoms. The minimum Gasteiger partial charge on any atom is -0.495 e. The summed E-state index contributed by atoms with van der Waals surface area (Å²) in [6.45, 7) is 2.50. The average Bonchev–Trinajstić information content (AvgIpc) is 3.23. The van der Waals surface area contributed by atoms with Crippen molar-refractivity contribution in [2.75, 3.05) is 33.3 Å². The van der Waals surface area contributed by atoms with Crippen molar-refractivity contribution in [2.24, 2.45) is 0 Å². The molecule has 0 unspecified atom stereocenters. The third-order valence-electron chi connectivity index (χ3n) is 5.05. The van der Waals surface area contributed by atoms with Gasteiger partial charge in [0.1, 0.15) is 21.5 Å². The van der Waals surface area contributed by atoms with Gasteiger partial charge in [-0.2, -0.15) is 4.31 Å². The number of aromatic nitrogens is 1. The summed E-state index contributed by atoms with van der Waals surface area (Å²) in [6.07, 6.45) is 0. The largest absolute Gasteiger partial charge is 0.495 e. The fourth-order valence-corrected chi connectivity index (χ4v) is 5.87. The number of hydrogen-bond acceptors (Lipinski definition) is 6. The molecule has 1 aliphatic heterocycles. The molecule has 0 aliphatic carbocycles. The van der Waals surface area contributed by atoms with Crippen molar-refractivity contribution in [2.45, 2.75) is 11.4 Å². The Labute approximate surface area is 179 Å². The fraction of sp³-hybridized carbons (Fsp3) is 0.286. The van der Waals surface area contributed by atoms with Crippen LogP contribution in [0.3, 0.4) is 0 Å². The molecule has 158 valence electrons. The second-order valence-electron chi connectivity index (χ2n) is 6.97. The summed E-state index contributed by atoms with van der Waals surface area (Å²) in [7, 11) is -2.45. The Hall–Kier alpha value is -2.33. The molecule has 0 saturated carbocycles. The summed E-state index contributed by atoms with van der Waals surface area (Å²) in [5.74, 6) is -0.457. The van der Waals surface area contributed by atoms with Gasteiger partial charge in [0.05, 0.1) is 19.3 Å². The van der Waals surface area contributed by atoms with E-state index in [1.807, 2.05) is 35.7 Å². The van der Waals surface area contributed by atoms with Crippen molar-refractivity contribution in [3.05, 3.63) is 64.7 Å². The first-order chi connectivity index (χ1) is 14.5. The van der Waals surface area contributed by atoms with Crippen LogP contribution in [-0.2, 0) is 16.6 Å². The second kappa shape index (κ2) is 8.81. The number of hydrogen-bond donors (Lipinski definition) is 0. The van der Waals surface area contributed by atoms with Crippen LogP contribution in [0.2, 0.25) is 0 Å². The molecule has 30 heavy (non-hydrogen) atoms. The molecule has 0 N–H and O–H groups in total. The van der Waals surface area contributed by atoms with Gasteiger partial charge < -0.3 is 4.74 Å². The van der Waals surface area contributed by atoms with Gasteiger partial charge in [-0.1, -0.05) is 30.3 Å². The van der Waals surface area contributed by atoms with E-state index in [-0.39, 0.29) is 10.6 Å². The monoisotopic (exact) mass is 447 g/mol. The SMILES string of the molecule is COc1ccc(F)cc1S(=O)(=O)N1CCN(Cc2nc(-c3ccccc3)cs2)CC1. The van der Waals surface area contributed by atoms with Gasteiger partial charge in [-0.05, 0) is 18.2 Å². The van der Waals surface area contributed by atoms with Gasteiger partial charge in [0.2, 0.25) is 10.0 Å². The molecule has 1 fully saturated rings. The fourth-order valence-electron chi connectivity index (χ4n) is 3.44.